The minimum absolute atomic E-state index is 0.487. The van der Waals surface area contributed by atoms with Crippen molar-refractivity contribution in [3.63, 3.8) is 0 Å². The van der Waals surface area contributed by atoms with Gasteiger partial charge in [-0.15, -0.1) is 0 Å². The topological polar surface area (TPSA) is 49.4 Å². The average Bonchev–Trinajstić information content (AvgIpc) is 2.28. The largest absolute Gasteiger partial charge is 0.413 e. The van der Waals surface area contributed by atoms with Crippen molar-refractivity contribution in [1.82, 2.24) is 10.4 Å². The van der Waals surface area contributed by atoms with Gasteiger partial charge >= 0.3 is 12.1 Å². The van der Waals surface area contributed by atoms with Crippen LogP contribution in [0.4, 0.5) is 13.2 Å². The monoisotopic (exact) mass is 210 g/mol. The Labute approximate surface area is 78.0 Å². The Morgan fingerprint density at radius 3 is 2.07 bits per heavy atom. The van der Waals surface area contributed by atoms with Gasteiger partial charge in [-0.05, 0) is 13.8 Å². The number of hydrogen-bond acceptors (Lipinski definition) is 3. The van der Waals surface area contributed by atoms with Crippen LogP contribution in [0, 0.1) is 0 Å². The molecule has 0 radical (unpaired) electrons. The summed E-state index contributed by atoms with van der Waals surface area (Å²) in [5.74, 6) is -2.59. The molecule has 0 aromatic heterocycles. The second kappa shape index (κ2) is 3.23. The van der Waals surface area contributed by atoms with Gasteiger partial charge in [0.2, 0.25) is 5.78 Å². The number of ketones is 1. The van der Waals surface area contributed by atoms with Crippen molar-refractivity contribution in [3.05, 3.63) is 0 Å². The summed E-state index contributed by atoms with van der Waals surface area (Å²) in [4.78, 5) is 21.9. The molecule has 1 aliphatic heterocycles. The molecule has 0 aromatic carbocycles. The number of hydrazine groups is 1. The van der Waals surface area contributed by atoms with Crippen LogP contribution in [0.3, 0.4) is 0 Å². The Hall–Kier alpha value is -1.11. The van der Waals surface area contributed by atoms with E-state index in [9.17, 15) is 22.8 Å². The van der Waals surface area contributed by atoms with Gasteiger partial charge in [-0.2, -0.15) is 13.2 Å². The van der Waals surface area contributed by atoms with Gasteiger partial charge < -0.3 is 0 Å². The zero-order chi connectivity index (χ0) is 11.1. The molecule has 14 heavy (non-hydrogen) atoms. The van der Waals surface area contributed by atoms with Crippen LogP contribution in [-0.2, 0) is 9.59 Å². The molecule has 1 N–H and O–H groups in total. The van der Waals surface area contributed by atoms with E-state index >= 15 is 0 Å². The van der Waals surface area contributed by atoms with Crippen molar-refractivity contribution < 1.29 is 22.8 Å². The molecule has 0 spiro atoms. The molecule has 1 aliphatic rings. The quantitative estimate of drug-likeness (QED) is 0.631. The third-order valence-electron chi connectivity index (χ3n) is 1.80. The lowest BCUT2D eigenvalue weighted by Crippen LogP contribution is -2.47. The molecule has 1 atom stereocenters. The van der Waals surface area contributed by atoms with Crippen molar-refractivity contribution in [1.29, 1.82) is 0 Å². The molecular formula is C7H9F3N2O2. The van der Waals surface area contributed by atoms with Gasteiger partial charge in [0, 0.05) is 6.04 Å². The number of rotatable bonds is 1. The lowest BCUT2D eigenvalue weighted by atomic mass is 10.2. The number of carbonyl (C=O) groups excluding carboxylic acids is 2. The number of Topliss-reactive ketones (excluding diaryl/α,β-unsaturated/α-hetero) is 1. The molecule has 1 heterocycles. The van der Waals surface area contributed by atoms with Crippen LogP contribution < -0.4 is 5.43 Å². The highest BCUT2D eigenvalue weighted by Gasteiger charge is 2.54. The summed E-state index contributed by atoms with van der Waals surface area (Å²) in [6, 6.07) is -2.88. The summed E-state index contributed by atoms with van der Waals surface area (Å²) in [5.41, 5.74) is 1.84. The van der Waals surface area contributed by atoms with E-state index in [2.05, 4.69) is 0 Å². The minimum atomic E-state index is -4.73. The Balaban J connectivity index is 2.88. The van der Waals surface area contributed by atoms with E-state index in [1.54, 1.807) is 0 Å². The first-order chi connectivity index (χ1) is 6.25. The Bertz CT molecular complexity index is 275. The summed E-state index contributed by atoms with van der Waals surface area (Å²) < 4.78 is 36.5. The molecule has 7 heteroatoms. The van der Waals surface area contributed by atoms with Gasteiger partial charge in [0.15, 0.2) is 6.04 Å². The van der Waals surface area contributed by atoms with Gasteiger partial charge in [0.05, 0.1) is 0 Å². The fourth-order valence-corrected chi connectivity index (χ4v) is 1.10. The maximum absolute atomic E-state index is 12.2. The molecular weight excluding hydrogens is 201 g/mol. The third-order valence-corrected chi connectivity index (χ3v) is 1.80. The van der Waals surface area contributed by atoms with E-state index in [-0.39, 0.29) is 0 Å². The number of nitrogens with zero attached hydrogens (tertiary/aromatic N) is 1. The van der Waals surface area contributed by atoms with Gasteiger partial charge in [-0.1, -0.05) is 0 Å². The first kappa shape index (κ1) is 11.0. The minimum Gasteiger partial charge on any atom is -0.286 e. The molecule has 80 valence electrons. The molecule has 1 unspecified atom stereocenters. The van der Waals surface area contributed by atoms with Crippen LogP contribution in [0.1, 0.15) is 13.8 Å². The highest BCUT2D eigenvalue weighted by molar-refractivity contribution is 6.39. The maximum atomic E-state index is 12.2. The summed E-state index contributed by atoms with van der Waals surface area (Å²) in [5, 5.41) is 0.695. The van der Waals surface area contributed by atoms with Crippen molar-refractivity contribution in [2.24, 2.45) is 0 Å². The lowest BCUT2D eigenvalue weighted by Gasteiger charge is -2.21. The molecule has 0 aliphatic carbocycles. The summed E-state index contributed by atoms with van der Waals surface area (Å²) >= 11 is 0. The van der Waals surface area contributed by atoms with Crippen LogP contribution in [0.15, 0.2) is 0 Å². The van der Waals surface area contributed by atoms with Gasteiger partial charge in [0.1, 0.15) is 0 Å². The van der Waals surface area contributed by atoms with Crippen molar-refractivity contribution in [2.45, 2.75) is 32.1 Å². The van der Waals surface area contributed by atoms with Crippen LogP contribution in [0.2, 0.25) is 0 Å². The fraction of sp³-hybridized carbons (Fsp3) is 0.714. The van der Waals surface area contributed by atoms with Crippen LogP contribution >= 0.6 is 0 Å². The van der Waals surface area contributed by atoms with E-state index in [4.69, 9.17) is 0 Å². The maximum Gasteiger partial charge on any atom is 0.413 e. The molecule has 0 saturated carbocycles. The number of hydrogen-bond donors (Lipinski definition) is 1. The fourth-order valence-electron chi connectivity index (χ4n) is 1.10. The smallest absolute Gasteiger partial charge is 0.286 e. The van der Waals surface area contributed by atoms with Crippen LogP contribution in [0.25, 0.3) is 0 Å². The van der Waals surface area contributed by atoms with Crippen LogP contribution in [-0.4, -0.2) is 35.0 Å². The summed E-state index contributed by atoms with van der Waals surface area (Å²) in [6.45, 7) is 3.02. The van der Waals surface area contributed by atoms with Gasteiger partial charge in [-0.3, -0.25) is 14.6 Å². The lowest BCUT2D eigenvalue weighted by molar-refractivity contribution is -0.165. The average molecular weight is 210 g/mol. The predicted molar refractivity (Wildman–Crippen MR) is 40.0 cm³/mol. The molecule has 0 bridgehead atoms. The number of carbonyl (C=O) groups is 2. The standard InChI is InChI=1S/C7H9F3N2O2/c1-3(2)12-6(14)4(13)5(11-12)7(8,9)10/h3,5,11H,1-2H3. The zero-order valence-corrected chi connectivity index (χ0v) is 7.55. The van der Waals surface area contributed by atoms with Crippen molar-refractivity contribution >= 4 is 11.7 Å². The summed E-state index contributed by atoms with van der Waals surface area (Å²) in [6.07, 6.45) is -4.73. The summed E-state index contributed by atoms with van der Waals surface area (Å²) in [7, 11) is 0. The van der Waals surface area contributed by atoms with Gasteiger partial charge in [-0.25, -0.2) is 5.43 Å². The third kappa shape index (κ3) is 1.72. The van der Waals surface area contributed by atoms with Crippen molar-refractivity contribution in [3.8, 4) is 0 Å². The number of halogens is 3. The first-order valence-electron chi connectivity index (χ1n) is 3.95. The Morgan fingerprint density at radius 1 is 1.36 bits per heavy atom. The molecule has 1 fully saturated rings. The number of nitrogens with one attached hydrogen (secondary N) is 1. The van der Waals surface area contributed by atoms with E-state index < -0.39 is 30.0 Å². The predicted octanol–water partition coefficient (Wildman–Crippen LogP) is 0.242. The SMILES string of the molecule is CC(C)N1NC(C(F)(F)F)C(=O)C1=O. The first-order valence-corrected chi connectivity index (χ1v) is 3.95. The van der Waals surface area contributed by atoms with E-state index in [1.165, 1.54) is 13.8 Å². The second-order valence-electron chi connectivity index (χ2n) is 3.24. The second-order valence-corrected chi connectivity index (χ2v) is 3.24. The van der Waals surface area contributed by atoms with Crippen molar-refractivity contribution in [2.75, 3.05) is 0 Å². The number of alkyl halides is 3. The van der Waals surface area contributed by atoms with E-state index in [1.807, 2.05) is 5.43 Å². The molecule has 1 saturated heterocycles. The highest BCUT2D eigenvalue weighted by atomic mass is 19.4. The Morgan fingerprint density at radius 2 is 1.86 bits per heavy atom. The Kier molecular flexibility index (Phi) is 2.53. The molecule has 0 aromatic rings. The van der Waals surface area contributed by atoms with Crippen LogP contribution in [0.5, 0.6) is 0 Å². The molecule has 1 rings (SSSR count). The molecule has 1 amide bonds. The highest BCUT2D eigenvalue weighted by Crippen LogP contribution is 2.25. The normalized spacial score (nSPS) is 23.9. The van der Waals surface area contributed by atoms with E-state index in [0.29, 0.717) is 5.01 Å². The van der Waals surface area contributed by atoms with E-state index in [0.717, 1.165) is 0 Å². The van der Waals surface area contributed by atoms with Gasteiger partial charge in [0.25, 0.3) is 0 Å². The molecule has 4 nitrogen and oxygen atoms in total. The number of amides is 1. The zero-order valence-electron chi connectivity index (χ0n) is 7.55.